The van der Waals surface area contributed by atoms with Crippen molar-refractivity contribution in [3.8, 4) is 0 Å². The quantitative estimate of drug-likeness (QED) is 0.170. The highest BCUT2D eigenvalue weighted by Crippen LogP contribution is 2.34. The minimum atomic E-state index is -0.264. The van der Waals surface area contributed by atoms with Gasteiger partial charge in [0.25, 0.3) is 0 Å². The van der Waals surface area contributed by atoms with E-state index in [0.29, 0.717) is 0 Å². The van der Waals surface area contributed by atoms with Gasteiger partial charge in [0, 0.05) is 5.75 Å². The molecule has 0 spiro atoms. The van der Waals surface area contributed by atoms with E-state index in [1.165, 1.54) is 0 Å². The lowest BCUT2D eigenvalue weighted by molar-refractivity contribution is 0.598. The molecule has 1 aliphatic heterocycles. The summed E-state index contributed by atoms with van der Waals surface area (Å²) in [5.74, 6) is 5.91. The SMILES string of the molecule is NNC1(N)CS1. The van der Waals surface area contributed by atoms with Gasteiger partial charge in [0.15, 0.2) is 0 Å². The standard InChI is InChI=1S/C2H7N3S/c3-2(5-4)1-6-2/h5H,1,3-4H2. The first-order valence-corrected chi connectivity index (χ1v) is 2.66. The summed E-state index contributed by atoms with van der Waals surface area (Å²) in [7, 11) is 0. The fraction of sp³-hybridized carbons (Fsp3) is 1.00. The van der Waals surface area contributed by atoms with Crippen LogP contribution in [0.4, 0.5) is 0 Å². The van der Waals surface area contributed by atoms with Crippen molar-refractivity contribution in [1.29, 1.82) is 0 Å². The third-order valence-corrected chi connectivity index (χ3v) is 1.73. The molecular formula is C2H7N3S. The first kappa shape index (κ1) is 4.39. The number of nitrogens with two attached hydrogens (primary N) is 2. The van der Waals surface area contributed by atoms with Gasteiger partial charge >= 0.3 is 0 Å². The van der Waals surface area contributed by atoms with E-state index in [1.807, 2.05) is 0 Å². The number of hydrogen-bond acceptors (Lipinski definition) is 4. The van der Waals surface area contributed by atoms with Gasteiger partial charge < -0.3 is 5.73 Å². The largest absolute Gasteiger partial charge is 0.303 e. The molecule has 0 amide bonds. The molecule has 1 atom stereocenters. The summed E-state index contributed by atoms with van der Waals surface area (Å²) in [5.41, 5.74) is 7.83. The molecule has 1 unspecified atom stereocenters. The van der Waals surface area contributed by atoms with Crippen LogP contribution in [0.5, 0.6) is 0 Å². The van der Waals surface area contributed by atoms with E-state index in [1.54, 1.807) is 11.8 Å². The second kappa shape index (κ2) is 1.10. The molecule has 5 N–H and O–H groups in total. The van der Waals surface area contributed by atoms with Crippen LogP contribution in [-0.4, -0.2) is 10.7 Å². The van der Waals surface area contributed by atoms with Gasteiger partial charge in [0.2, 0.25) is 0 Å². The maximum Gasteiger partial charge on any atom is 0.136 e. The van der Waals surface area contributed by atoms with Crippen LogP contribution in [0, 0.1) is 0 Å². The molecule has 1 aliphatic rings. The summed E-state index contributed by atoms with van der Waals surface area (Å²) in [4.78, 5) is -0.264. The molecule has 6 heavy (non-hydrogen) atoms. The number of hydrazine groups is 1. The number of hydrogen-bond donors (Lipinski definition) is 3. The Morgan fingerprint density at radius 2 is 2.33 bits per heavy atom. The van der Waals surface area contributed by atoms with Crippen LogP contribution in [0.1, 0.15) is 0 Å². The zero-order valence-corrected chi connectivity index (χ0v) is 4.09. The fourth-order valence-corrected chi connectivity index (χ4v) is 0.483. The van der Waals surface area contributed by atoms with Gasteiger partial charge in [-0.05, 0) is 0 Å². The fourth-order valence-electron chi connectivity index (χ4n) is 0.161. The van der Waals surface area contributed by atoms with Crippen LogP contribution < -0.4 is 17.0 Å². The third kappa shape index (κ3) is 0.652. The molecule has 36 valence electrons. The Bertz CT molecular complexity index is 59.8. The van der Waals surface area contributed by atoms with Crippen molar-refractivity contribution in [1.82, 2.24) is 5.43 Å². The number of thioether (sulfide) groups is 1. The average Bonchev–Trinajstić information content (AvgIpc) is 2.22. The molecule has 0 saturated carbocycles. The molecule has 0 bridgehead atoms. The zero-order chi connectivity index (χ0) is 4.62. The molecule has 4 heteroatoms. The molecule has 0 aromatic heterocycles. The van der Waals surface area contributed by atoms with Crippen molar-refractivity contribution in [2.24, 2.45) is 11.6 Å². The normalized spacial score (nSPS) is 43.0. The maximum absolute atomic E-state index is 5.37. The van der Waals surface area contributed by atoms with E-state index in [-0.39, 0.29) is 4.99 Å². The van der Waals surface area contributed by atoms with Crippen molar-refractivity contribution < 1.29 is 0 Å². The second-order valence-corrected chi connectivity index (χ2v) is 2.63. The van der Waals surface area contributed by atoms with E-state index < -0.39 is 0 Å². The first-order valence-electron chi connectivity index (χ1n) is 1.67. The summed E-state index contributed by atoms with van der Waals surface area (Å²) >= 11 is 1.61. The highest BCUT2D eigenvalue weighted by Gasteiger charge is 2.38. The van der Waals surface area contributed by atoms with Crippen LogP contribution in [-0.2, 0) is 0 Å². The Kier molecular flexibility index (Phi) is 0.804. The molecule has 0 radical (unpaired) electrons. The second-order valence-electron chi connectivity index (χ2n) is 1.32. The first-order chi connectivity index (χ1) is 2.77. The van der Waals surface area contributed by atoms with Crippen LogP contribution >= 0.6 is 11.8 Å². The van der Waals surface area contributed by atoms with E-state index in [4.69, 9.17) is 11.6 Å². The zero-order valence-electron chi connectivity index (χ0n) is 3.27. The lowest BCUT2D eigenvalue weighted by atomic mass is 10.6. The summed E-state index contributed by atoms with van der Waals surface area (Å²) < 4.78 is 0. The molecule has 1 rings (SSSR count). The maximum atomic E-state index is 5.37. The van der Waals surface area contributed by atoms with E-state index in [2.05, 4.69) is 5.43 Å². The molecule has 0 aromatic rings. The Morgan fingerprint density at radius 3 is 2.33 bits per heavy atom. The van der Waals surface area contributed by atoms with Crippen LogP contribution in [0.25, 0.3) is 0 Å². The van der Waals surface area contributed by atoms with Crippen molar-refractivity contribution >= 4 is 11.8 Å². The molecule has 1 fully saturated rings. The van der Waals surface area contributed by atoms with Crippen molar-refractivity contribution in [2.45, 2.75) is 4.99 Å². The molecule has 0 aromatic carbocycles. The lowest BCUT2D eigenvalue weighted by Crippen LogP contribution is -2.44. The summed E-state index contributed by atoms with van der Waals surface area (Å²) in [6, 6.07) is 0. The molecule has 3 nitrogen and oxygen atoms in total. The van der Waals surface area contributed by atoms with Gasteiger partial charge in [-0.3, -0.25) is 5.84 Å². The van der Waals surface area contributed by atoms with Crippen molar-refractivity contribution in [3.63, 3.8) is 0 Å². The Balaban J connectivity index is 2.28. The van der Waals surface area contributed by atoms with Gasteiger partial charge in [-0.1, -0.05) is 0 Å². The highest BCUT2D eigenvalue weighted by atomic mass is 32.2. The minimum absolute atomic E-state index is 0.264. The average molecular weight is 105 g/mol. The predicted octanol–water partition coefficient (Wildman–Crippen LogP) is -1.19. The van der Waals surface area contributed by atoms with Gasteiger partial charge in [0.05, 0.1) is 0 Å². The van der Waals surface area contributed by atoms with E-state index in [0.717, 1.165) is 5.75 Å². The summed E-state index contributed by atoms with van der Waals surface area (Å²) in [6.45, 7) is 0. The number of rotatable bonds is 1. The van der Waals surface area contributed by atoms with Crippen LogP contribution in [0.15, 0.2) is 0 Å². The molecule has 0 aliphatic carbocycles. The van der Waals surface area contributed by atoms with Crippen molar-refractivity contribution in [2.75, 3.05) is 5.75 Å². The van der Waals surface area contributed by atoms with Gasteiger partial charge in [-0.2, -0.15) is 0 Å². The lowest BCUT2D eigenvalue weighted by Gasteiger charge is -1.99. The van der Waals surface area contributed by atoms with Gasteiger partial charge in [-0.15, -0.1) is 11.8 Å². The third-order valence-electron chi connectivity index (χ3n) is 0.700. The van der Waals surface area contributed by atoms with Gasteiger partial charge in [0.1, 0.15) is 4.99 Å². The molecule has 1 heterocycles. The van der Waals surface area contributed by atoms with Crippen molar-refractivity contribution in [3.05, 3.63) is 0 Å². The smallest absolute Gasteiger partial charge is 0.136 e. The Labute approximate surface area is 40.4 Å². The molecule has 1 saturated heterocycles. The predicted molar refractivity (Wildman–Crippen MR) is 26.7 cm³/mol. The topological polar surface area (TPSA) is 64.1 Å². The van der Waals surface area contributed by atoms with E-state index >= 15 is 0 Å². The van der Waals surface area contributed by atoms with E-state index in [9.17, 15) is 0 Å². The Morgan fingerprint density at radius 1 is 1.83 bits per heavy atom. The van der Waals surface area contributed by atoms with Crippen LogP contribution in [0.3, 0.4) is 0 Å². The monoisotopic (exact) mass is 105 g/mol. The summed E-state index contributed by atoms with van der Waals surface area (Å²) in [5, 5.41) is 0. The Hall–Kier alpha value is 0.230. The molecular weight excluding hydrogens is 98.1 g/mol. The highest BCUT2D eigenvalue weighted by molar-refractivity contribution is 8.07. The summed E-state index contributed by atoms with van der Waals surface area (Å²) in [6.07, 6.45) is 0. The number of nitrogens with one attached hydrogen (secondary N) is 1. The minimum Gasteiger partial charge on any atom is -0.303 e. The van der Waals surface area contributed by atoms with Crippen LogP contribution in [0.2, 0.25) is 0 Å². The van der Waals surface area contributed by atoms with Gasteiger partial charge in [-0.25, -0.2) is 5.43 Å².